The molecule has 0 aromatic heterocycles. The Hall–Kier alpha value is -0.810. The first-order valence-electron chi connectivity index (χ1n) is 8.60. The number of hydrogen-bond acceptors (Lipinski definition) is 4. The van der Waals surface area contributed by atoms with Crippen LogP contribution in [0.5, 0.6) is 0 Å². The highest BCUT2D eigenvalue weighted by Gasteiger charge is 2.36. The van der Waals surface area contributed by atoms with Crippen molar-refractivity contribution in [2.75, 3.05) is 6.54 Å². The maximum atomic E-state index is 11.7. The van der Waals surface area contributed by atoms with Crippen LogP contribution in [-0.4, -0.2) is 41.0 Å². The highest BCUT2D eigenvalue weighted by molar-refractivity contribution is 5.68. The van der Waals surface area contributed by atoms with Gasteiger partial charge in [-0.05, 0) is 52.4 Å². The molecule has 0 aromatic carbocycles. The van der Waals surface area contributed by atoms with E-state index in [-0.39, 0.29) is 12.1 Å². The number of carbonyl (C=O) groups excluding carboxylic acids is 1. The maximum Gasteiger partial charge on any atom is 0.407 e. The maximum absolute atomic E-state index is 11.7. The van der Waals surface area contributed by atoms with Crippen LogP contribution < -0.4 is 10.6 Å². The van der Waals surface area contributed by atoms with E-state index >= 15 is 0 Å². The monoisotopic (exact) mass is 312 g/mol. The Kier molecular flexibility index (Phi) is 5.38. The van der Waals surface area contributed by atoms with E-state index in [1.54, 1.807) is 0 Å². The van der Waals surface area contributed by atoms with Gasteiger partial charge in [-0.25, -0.2) is 4.79 Å². The van der Waals surface area contributed by atoms with Crippen LogP contribution in [0.4, 0.5) is 4.79 Å². The quantitative estimate of drug-likeness (QED) is 0.746. The van der Waals surface area contributed by atoms with Crippen molar-refractivity contribution in [1.82, 2.24) is 10.6 Å². The van der Waals surface area contributed by atoms with Gasteiger partial charge in [-0.1, -0.05) is 19.8 Å². The van der Waals surface area contributed by atoms with Crippen LogP contribution in [0.1, 0.15) is 66.2 Å². The minimum atomic E-state index is -0.540. The van der Waals surface area contributed by atoms with E-state index in [2.05, 4.69) is 17.6 Å². The molecule has 2 fully saturated rings. The molecule has 0 spiro atoms. The molecule has 22 heavy (non-hydrogen) atoms. The summed E-state index contributed by atoms with van der Waals surface area (Å²) in [4.78, 5) is 11.7. The van der Waals surface area contributed by atoms with Gasteiger partial charge in [0.25, 0.3) is 0 Å². The molecule has 0 bridgehead atoms. The summed E-state index contributed by atoms with van der Waals surface area (Å²) in [6.07, 6.45) is 5.62. The van der Waals surface area contributed by atoms with Gasteiger partial charge in [0.15, 0.2) is 0 Å². The largest absolute Gasteiger partial charge is 0.444 e. The van der Waals surface area contributed by atoms with Crippen molar-refractivity contribution in [3.8, 4) is 0 Å². The third-order valence-electron chi connectivity index (χ3n) is 4.65. The van der Waals surface area contributed by atoms with Gasteiger partial charge < -0.3 is 20.5 Å². The lowest BCUT2D eigenvalue weighted by Crippen LogP contribution is -2.56. The third kappa shape index (κ3) is 5.43. The van der Waals surface area contributed by atoms with Crippen molar-refractivity contribution < 1.29 is 14.6 Å². The molecule has 2 aliphatic rings. The lowest BCUT2D eigenvalue weighted by molar-refractivity contribution is -0.0169. The fourth-order valence-electron chi connectivity index (χ4n) is 3.50. The predicted molar refractivity (Wildman–Crippen MR) is 86.8 cm³/mol. The average molecular weight is 312 g/mol. The molecule has 0 heterocycles. The topological polar surface area (TPSA) is 70.6 Å². The zero-order valence-corrected chi connectivity index (χ0v) is 14.4. The fraction of sp³-hybridized carbons (Fsp3) is 0.941. The summed E-state index contributed by atoms with van der Waals surface area (Å²) < 4.78 is 5.25. The molecule has 2 rings (SSSR count). The number of hydrogen-bond donors (Lipinski definition) is 3. The van der Waals surface area contributed by atoms with Crippen LogP contribution in [0.2, 0.25) is 0 Å². The van der Waals surface area contributed by atoms with Crippen LogP contribution in [0, 0.1) is 5.92 Å². The minimum absolute atomic E-state index is 0.187. The SMILES string of the molecule is CC1CCCC(O)(CNC2CC(NC(=O)OC(C)(C)C)C2)C1. The second-order valence-electron chi connectivity index (χ2n) is 8.32. The number of aliphatic hydroxyl groups is 1. The smallest absolute Gasteiger partial charge is 0.407 e. The Morgan fingerprint density at radius 2 is 2.00 bits per heavy atom. The van der Waals surface area contributed by atoms with Gasteiger partial charge >= 0.3 is 6.09 Å². The van der Waals surface area contributed by atoms with Gasteiger partial charge in [-0.2, -0.15) is 0 Å². The molecular formula is C17H32N2O3. The van der Waals surface area contributed by atoms with Crippen molar-refractivity contribution in [2.45, 2.75) is 89.5 Å². The van der Waals surface area contributed by atoms with Gasteiger partial charge in [0.2, 0.25) is 0 Å². The third-order valence-corrected chi connectivity index (χ3v) is 4.65. The Balaban J connectivity index is 1.62. The predicted octanol–water partition coefficient (Wildman–Crippen LogP) is 2.57. The Morgan fingerprint density at radius 1 is 1.32 bits per heavy atom. The second-order valence-corrected chi connectivity index (χ2v) is 8.32. The lowest BCUT2D eigenvalue weighted by Gasteiger charge is -2.41. The molecule has 1 amide bonds. The van der Waals surface area contributed by atoms with E-state index in [1.165, 1.54) is 6.42 Å². The first kappa shape index (κ1) is 17.5. The van der Waals surface area contributed by atoms with Gasteiger partial charge in [-0.3, -0.25) is 0 Å². The first-order chi connectivity index (χ1) is 10.2. The molecule has 2 unspecified atom stereocenters. The summed E-state index contributed by atoms with van der Waals surface area (Å²) in [5, 5.41) is 16.9. The van der Waals surface area contributed by atoms with E-state index in [9.17, 15) is 9.90 Å². The molecule has 0 saturated heterocycles. The molecule has 0 radical (unpaired) electrons. The molecule has 128 valence electrons. The van der Waals surface area contributed by atoms with E-state index in [0.29, 0.717) is 18.5 Å². The summed E-state index contributed by atoms with van der Waals surface area (Å²) >= 11 is 0. The molecule has 2 atom stereocenters. The van der Waals surface area contributed by atoms with Crippen molar-refractivity contribution in [1.29, 1.82) is 0 Å². The molecule has 5 heteroatoms. The highest BCUT2D eigenvalue weighted by atomic mass is 16.6. The number of amides is 1. The van der Waals surface area contributed by atoms with Crippen LogP contribution in [0.3, 0.4) is 0 Å². The number of carbonyl (C=O) groups is 1. The Labute approximate surface area is 134 Å². The summed E-state index contributed by atoms with van der Waals surface area (Å²) in [5.74, 6) is 0.614. The fourth-order valence-corrected chi connectivity index (χ4v) is 3.50. The van der Waals surface area contributed by atoms with Crippen LogP contribution >= 0.6 is 0 Å². The number of ether oxygens (including phenoxy) is 1. The summed E-state index contributed by atoms with van der Waals surface area (Å²) in [7, 11) is 0. The van der Waals surface area contributed by atoms with Crippen molar-refractivity contribution in [2.24, 2.45) is 5.92 Å². The lowest BCUT2D eigenvalue weighted by atomic mass is 9.78. The van der Waals surface area contributed by atoms with E-state index in [1.807, 2.05) is 20.8 Å². The van der Waals surface area contributed by atoms with Gasteiger partial charge in [-0.15, -0.1) is 0 Å². The molecule has 2 aliphatic carbocycles. The van der Waals surface area contributed by atoms with E-state index < -0.39 is 11.2 Å². The zero-order valence-electron chi connectivity index (χ0n) is 14.4. The van der Waals surface area contributed by atoms with E-state index in [4.69, 9.17) is 4.74 Å². The van der Waals surface area contributed by atoms with Gasteiger partial charge in [0, 0.05) is 18.6 Å². The number of rotatable bonds is 4. The van der Waals surface area contributed by atoms with Gasteiger partial charge in [0.1, 0.15) is 5.60 Å². The van der Waals surface area contributed by atoms with Gasteiger partial charge in [0.05, 0.1) is 5.60 Å². The summed E-state index contributed by atoms with van der Waals surface area (Å²) in [5.41, 5.74) is -0.992. The summed E-state index contributed by atoms with van der Waals surface area (Å²) in [6, 6.07) is 0.577. The van der Waals surface area contributed by atoms with Crippen molar-refractivity contribution in [3.63, 3.8) is 0 Å². The van der Waals surface area contributed by atoms with Crippen LogP contribution in [-0.2, 0) is 4.74 Å². The van der Waals surface area contributed by atoms with Crippen LogP contribution in [0.25, 0.3) is 0 Å². The number of alkyl carbamates (subject to hydrolysis) is 1. The molecule has 3 N–H and O–H groups in total. The average Bonchev–Trinajstić information content (AvgIpc) is 2.29. The molecule has 5 nitrogen and oxygen atoms in total. The first-order valence-corrected chi connectivity index (χ1v) is 8.60. The molecular weight excluding hydrogens is 280 g/mol. The second kappa shape index (κ2) is 6.75. The molecule has 0 aliphatic heterocycles. The molecule has 2 saturated carbocycles. The van der Waals surface area contributed by atoms with E-state index in [0.717, 1.165) is 32.1 Å². The number of nitrogens with one attached hydrogen (secondary N) is 2. The normalized spacial score (nSPS) is 35.6. The Morgan fingerprint density at radius 3 is 2.59 bits per heavy atom. The highest BCUT2D eigenvalue weighted by Crippen LogP contribution is 2.32. The summed E-state index contributed by atoms with van der Waals surface area (Å²) in [6.45, 7) is 8.48. The molecule has 0 aromatic rings. The zero-order chi connectivity index (χ0) is 16.4. The van der Waals surface area contributed by atoms with Crippen molar-refractivity contribution >= 4 is 6.09 Å². The minimum Gasteiger partial charge on any atom is -0.444 e. The standard InChI is InChI=1S/C17H32N2O3/c1-12-6-5-7-17(21,10-12)11-18-13-8-14(9-13)19-15(20)22-16(2,3)4/h12-14,18,21H,5-11H2,1-4H3,(H,19,20). The van der Waals surface area contributed by atoms with Crippen LogP contribution in [0.15, 0.2) is 0 Å². The van der Waals surface area contributed by atoms with Crippen molar-refractivity contribution in [3.05, 3.63) is 0 Å². The Bertz CT molecular complexity index is 388.